The van der Waals surface area contributed by atoms with Gasteiger partial charge in [-0.1, -0.05) is 0 Å². The van der Waals surface area contributed by atoms with Crippen molar-refractivity contribution >= 4 is 22.7 Å². The number of nitrogens with zero attached hydrogens (tertiary/aromatic N) is 4. The molecule has 8 nitrogen and oxygen atoms in total. The fourth-order valence-electron chi connectivity index (χ4n) is 4.89. The van der Waals surface area contributed by atoms with E-state index < -0.39 is 5.92 Å². The zero-order chi connectivity index (χ0) is 24.4. The van der Waals surface area contributed by atoms with E-state index in [0.29, 0.717) is 41.3 Å². The van der Waals surface area contributed by atoms with Crippen LogP contribution in [-0.4, -0.2) is 73.4 Å². The molecule has 1 saturated carbocycles. The van der Waals surface area contributed by atoms with Crippen molar-refractivity contribution in [1.29, 1.82) is 0 Å². The molecule has 1 atom stereocenters. The van der Waals surface area contributed by atoms with Crippen LogP contribution in [0.2, 0.25) is 0 Å². The Morgan fingerprint density at radius 2 is 1.86 bits per heavy atom. The Kier molecular flexibility index (Phi) is 7.11. The molecule has 3 N–H and O–H groups in total. The fourth-order valence-corrected chi connectivity index (χ4v) is 4.89. The van der Waals surface area contributed by atoms with Gasteiger partial charge in [0, 0.05) is 43.9 Å². The van der Waals surface area contributed by atoms with Gasteiger partial charge in [0.1, 0.15) is 5.82 Å². The third-order valence-corrected chi connectivity index (χ3v) is 7.26. The number of hydrogen-bond donors (Lipinski definition) is 2. The van der Waals surface area contributed by atoms with Crippen molar-refractivity contribution in [3.05, 3.63) is 12.1 Å². The van der Waals surface area contributed by atoms with E-state index in [4.69, 9.17) is 25.2 Å². The Morgan fingerprint density at radius 3 is 2.54 bits per heavy atom. The minimum Gasteiger partial charge on any atom is -0.493 e. The van der Waals surface area contributed by atoms with Crippen LogP contribution in [0.4, 0.5) is 20.5 Å². The number of fused-ring (bicyclic) bond motifs is 1. The zero-order valence-electron chi connectivity index (χ0n) is 20.4. The normalized spacial score (nSPS) is 21.3. The van der Waals surface area contributed by atoms with Crippen LogP contribution in [-0.2, 0) is 0 Å². The van der Waals surface area contributed by atoms with Crippen molar-refractivity contribution in [2.45, 2.75) is 57.0 Å². The molecule has 3 fully saturated rings. The number of piperidine rings is 1. The number of nitrogens with one attached hydrogen (secondary N) is 1. The van der Waals surface area contributed by atoms with Crippen LogP contribution < -0.4 is 25.4 Å². The molecule has 5 rings (SSSR count). The number of anilines is 2. The van der Waals surface area contributed by atoms with Gasteiger partial charge in [-0.3, -0.25) is 0 Å². The topological polar surface area (TPSA) is 88.8 Å². The minimum absolute atomic E-state index is 0.202. The number of alkyl halides is 2. The molecule has 10 heteroatoms. The number of ether oxygens (including phenoxy) is 2. The highest BCUT2D eigenvalue weighted by Gasteiger charge is 2.35. The highest BCUT2D eigenvalue weighted by Crippen LogP contribution is 2.38. The Bertz CT molecular complexity index is 1020. The number of aromatic nitrogens is 2. The van der Waals surface area contributed by atoms with Gasteiger partial charge >= 0.3 is 0 Å². The Balaban J connectivity index is 1.40. The van der Waals surface area contributed by atoms with E-state index in [0.717, 1.165) is 31.2 Å². The first-order valence-electron chi connectivity index (χ1n) is 12.8. The molecule has 2 aliphatic heterocycles. The molecule has 0 unspecified atom stereocenters. The summed E-state index contributed by atoms with van der Waals surface area (Å²) in [5.41, 5.74) is 7.03. The van der Waals surface area contributed by atoms with Crippen LogP contribution in [0.3, 0.4) is 0 Å². The van der Waals surface area contributed by atoms with E-state index in [9.17, 15) is 8.78 Å². The number of methoxy groups -OCH3 is 1. The lowest BCUT2D eigenvalue weighted by Gasteiger charge is -2.32. The predicted molar refractivity (Wildman–Crippen MR) is 133 cm³/mol. The van der Waals surface area contributed by atoms with E-state index in [1.165, 1.54) is 25.9 Å². The Morgan fingerprint density at radius 1 is 1.11 bits per heavy atom. The van der Waals surface area contributed by atoms with Crippen molar-refractivity contribution in [3.63, 3.8) is 0 Å². The van der Waals surface area contributed by atoms with Crippen LogP contribution in [0.15, 0.2) is 12.1 Å². The van der Waals surface area contributed by atoms with Gasteiger partial charge in [0.2, 0.25) is 5.95 Å². The molecule has 35 heavy (non-hydrogen) atoms. The van der Waals surface area contributed by atoms with Crippen LogP contribution in [0, 0.1) is 5.92 Å². The molecule has 1 aromatic heterocycles. The summed E-state index contributed by atoms with van der Waals surface area (Å²) in [6.07, 6.45) is 5.03. The molecule has 3 heterocycles. The summed E-state index contributed by atoms with van der Waals surface area (Å²) >= 11 is 0. The average Bonchev–Trinajstić information content (AvgIpc) is 3.57. The van der Waals surface area contributed by atoms with E-state index in [2.05, 4.69) is 10.2 Å². The zero-order valence-corrected chi connectivity index (χ0v) is 20.4. The summed E-state index contributed by atoms with van der Waals surface area (Å²) < 4.78 is 39.2. The number of likely N-dealkylation sites (tertiary alicyclic amines) is 1. The van der Waals surface area contributed by atoms with E-state index >= 15 is 0 Å². The van der Waals surface area contributed by atoms with E-state index in [-0.39, 0.29) is 32.1 Å². The molecule has 0 spiro atoms. The maximum atomic E-state index is 13.7. The van der Waals surface area contributed by atoms with Crippen molar-refractivity contribution in [1.82, 2.24) is 14.9 Å². The van der Waals surface area contributed by atoms with Crippen molar-refractivity contribution in [2.75, 3.05) is 56.7 Å². The Labute approximate surface area is 205 Å². The second-order valence-corrected chi connectivity index (χ2v) is 9.99. The highest BCUT2D eigenvalue weighted by atomic mass is 19.3. The minimum atomic E-state index is -2.63. The molecule has 1 aromatic carbocycles. The molecule has 0 amide bonds. The lowest BCUT2D eigenvalue weighted by atomic mass is 10.1. The summed E-state index contributed by atoms with van der Waals surface area (Å²) in [5.74, 6) is 0.0394. The molecule has 192 valence electrons. The van der Waals surface area contributed by atoms with Crippen LogP contribution >= 0.6 is 0 Å². The molecule has 0 bridgehead atoms. The van der Waals surface area contributed by atoms with Crippen LogP contribution in [0.25, 0.3) is 10.9 Å². The lowest BCUT2D eigenvalue weighted by Crippen LogP contribution is -2.40. The largest absolute Gasteiger partial charge is 0.493 e. The van der Waals surface area contributed by atoms with Gasteiger partial charge in [0.25, 0.3) is 5.92 Å². The quantitative estimate of drug-likeness (QED) is 0.384. The maximum absolute atomic E-state index is 13.7. The van der Waals surface area contributed by atoms with Gasteiger partial charge in [0.15, 0.2) is 11.5 Å². The molecule has 1 aliphatic carbocycles. The SMILES string of the molecule is COc1cc2c(N[C@@H](N)C3CC3)nc(N3CCC(F)(F)CC3)nc2cc1OCCCN1CCCC1. The summed E-state index contributed by atoms with van der Waals surface area (Å²) in [4.78, 5) is 13.8. The fraction of sp³-hybridized carbons (Fsp3) is 0.680. The van der Waals surface area contributed by atoms with Gasteiger partial charge in [0.05, 0.1) is 25.4 Å². The number of benzene rings is 1. The van der Waals surface area contributed by atoms with E-state index in [1.54, 1.807) is 7.11 Å². The molecule has 3 aliphatic rings. The third kappa shape index (κ3) is 5.86. The first-order chi connectivity index (χ1) is 16.9. The number of hydrogen-bond acceptors (Lipinski definition) is 8. The summed E-state index contributed by atoms with van der Waals surface area (Å²) in [5, 5.41) is 4.12. The summed E-state index contributed by atoms with van der Waals surface area (Å²) in [6.45, 7) is 4.36. The second kappa shape index (κ2) is 10.3. The lowest BCUT2D eigenvalue weighted by molar-refractivity contribution is -0.0222. The molecule has 2 saturated heterocycles. The van der Waals surface area contributed by atoms with E-state index in [1.807, 2.05) is 17.0 Å². The van der Waals surface area contributed by atoms with Crippen molar-refractivity contribution in [3.8, 4) is 11.5 Å². The van der Waals surface area contributed by atoms with Gasteiger partial charge in [-0.15, -0.1) is 0 Å². The van der Waals surface area contributed by atoms with Gasteiger partial charge in [-0.2, -0.15) is 4.98 Å². The smallest absolute Gasteiger partial charge is 0.251 e. The molecular weight excluding hydrogens is 454 g/mol. The van der Waals surface area contributed by atoms with Gasteiger partial charge in [-0.25, -0.2) is 13.8 Å². The highest BCUT2D eigenvalue weighted by molar-refractivity contribution is 5.93. The third-order valence-electron chi connectivity index (χ3n) is 7.26. The monoisotopic (exact) mass is 490 g/mol. The van der Waals surface area contributed by atoms with Crippen LogP contribution in [0.5, 0.6) is 11.5 Å². The summed E-state index contributed by atoms with van der Waals surface area (Å²) in [6, 6.07) is 3.74. The van der Waals surface area contributed by atoms with Crippen molar-refractivity contribution < 1.29 is 18.3 Å². The average molecular weight is 491 g/mol. The number of halogens is 2. The number of rotatable bonds is 10. The maximum Gasteiger partial charge on any atom is 0.251 e. The standard InChI is InChI=1S/C25H36F2N6O2/c1-34-20-15-18-19(16-21(20)35-14-4-11-32-9-2-3-10-32)29-24(33-12-7-25(26,27)8-13-33)31-23(18)30-22(28)17-5-6-17/h15-17,22H,2-14,28H2,1H3,(H,29,30,31)/t22-/m1/s1. The van der Waals surface area contributed by atoms with Crippen LogP contribution in [0.1, 0.15) is 44.9 Å². The molecule has 0 radical (unpaired) electrons. The van der Waals surface area contributed by atoms with Gasteiger partial charge in [-0.05, 0) is 57.2 Å². The first kappa shape index (κ1) is 24.2. The van der Waals surface area contributed by atoms with Crippen molar-refractivity contribution in [2.24, 2.45) is 11.7 Å². The van der Waals surface area contributed by atoms with Gasteiger partial charge < -0.3 is 30.3 Å². The number of nitrogens with two attached hydrogens (primary N) is 1. The first-order valence-corrected chi connectivity index (χ1v) is 12.8. The molecule has 2 aromatic rings. The summed E-state index contributed by atoms with van der Waals surface area (Å²) in [7, 11) is 1.62. The predicted octanol–water partition coefficient (Wildman–Crippen LogP) is 3.85. The molecular formula is C25H36F2N6O2. The second-order valence-electron chi connectivity index (χ2n) is 9.99. The Hall–Kier alpha value is -2.46.